The molecule has 1 N–H and O–H groups in total. The summed E-state index contributed by atoms with van der Waals surface area (Å²) in [4.78, 5) is 8.41. The molecule has 0 aliphatic rings. The van der Waals surface area contributed by atoms with E-state index in [1.165, 1.54) is 12.3 Å². The fraction of sp³-hybridized carbons (Fsp3) is 0.118. The molecule has 0 atom stereocenters. The van der Waals surface area contributed by atoms with Crippen molar-refractivity contribution in [1.29, 1.82) is 0 Å². The van der Waals surface area contributed by atoms with E-state index in [1.807, 2.05) is 0 Å². The molecule has 1 heterocycles. The van der Waals surface area contributed by atoms with Crippen LogP contribution >= 0.6 is 34.8 Å². The first-order valence-electron chi connectivity index (χ1n) is 7.51. The Labute approximate surface area is 167 Å². The number of rotatable bonds is 5. The summed E-state index contributed by atoms with van der Waals surface area (Å²) in [6.07, 6.45) is 1.32. The van der Waals surface area contributed by atoms with E-state index in [1.54, 1.807) is 42.5 Å². The Morgan fingerprint density at radius 1 is 1.04 bits per heavy atom. The van der Waals surface area contributed by atoms with E-state index in [0.717, 1.165) is 0 Å². The van der Waals surface area contributed by atoms with Gasteiger partial charge in [-0.2, -0.15) is 13.9 Å². The van der Waals surface area contributed by atoms with Crippen LogP contribution in [0.2, 0.25) is 0 Å². The van der Waals surface area contributed by atoms with E-state index in [0.29, 0.717) is 22.3 Å². The Kier molecular flexibility index (Phi) is 5.94. The molecule has 0 radical (unpaired) electrons. The Morgan fingerprint density at radius 2 is 1.74 bits per heavy atom. The molecule has 0 saturated heterocycles. The first-order chi connectivity index (χ1) is 12.8. The van der Waals surface area contributed by atoms with Gasteiger partial charge in [-0.15, -0.1) is 0 Å². The fourth-order valence-electron chi connectivity index (χ4n) is 2.24. The first kappa shape index (κ1) is 19.5. The molecule has 3 aromatic rings. The Morgan fingerprint density at radius 3 is 2.48 bits per heavy atom. The largest absolute Gasteiger partial charge is 0.434 e. The van der Waals surface area contributed by atoms with Crippen LogP contribution in [0.1, 0.15) is 11.4 Å². The summed E-state index contributed by atoms with van der Waals surface area (Å²) in [5, 5.41) is 4.68. The van der Waals surface area contributed by atoms with Gasteiger partial charge >= 0.3 is 6.61 Å². The van der Waals surface area contributed by atoms with Gasteiger partial charge in [0.1, 0.15) is 5.75 Å². The molecule has 0 fully saturated rings. The lowest BCUT2D eigenvalue weighted by Crippen LogP contribution is -2.09. The number of fused-ring (bicyclic) bond motifs is 1. The van der Waals surface area contributed by atoms with Crippen molar-refractivity contribution in [3.63, 3.8) is 0 Å². The molecule has 0 amide bonds. The average molecular weight is 432 g/mol. The summed E-state index contributed by atoms with van der Waals surface area (Å²) in [6, 6.07) is 13.3. The van der Waals surface area contributed by atoms with E-state index >= 15 is 0 Å². The number of hydrogen-bond donors (Lipinski definition) is 1. The highest BCUT2D eigenvalue weighted by Crippen LogP contribution is 2.37. The Balaban J connectivity index is 1.92. The van der Waals surface area contributed by atoms with Crippen LogP contribution in [0.15, 0.2) is 53.6 Å². The highest BCUT2D eigenvalue weighted by molar-refractivity contribution is 6.66. The maximum Gasteiger partial charge on any atom is 0.387 e. The second-order valence-electron chi connectivity index (χ2n) is 5.20. The molecule has 0 spiro atoms. The van der Waals surface area contributed by atoms with Gasteiger partial charge in [0.25, 0.3) is 0 Å². The molecular weight excluding hydrogens is 421 g/mol. The zero-order chi connectivity index (χ0) is 19.4. The lowest BCUT2D eigenvalue weighted by atomic mass is 10.2. The van der Waals surface area contributed by atoms with Crippen LogP contribution in [0.3, 0.4) is 0 Å². The Bertz CT molecular complexity index is 980. The minimum absolute atomic E-state index is 0.00687. The lowest BCUT2D eigenvalue weighted by molar-refractivity contribution is -0.0499. The van der Waals surface area contributed by atoms with Gasteiger partial charge in [0, 0.05) is 10.9 Å². The van der Waals surface area contributed by atoms with Gasteiger partial charge in [-0.25, -0.2) is 9.97 Å². The number of para-hydroxylation sites is 2. The zero-order valence-electron chi connectivity index (χ0n) is 13.4. The predicted octanol–water partition coefficient (Wildman–Crippen LogP) is 5.50. The summed E-state index contributed by atoms with van der Waals surface area (Å²) in [5.74, 6) is 0.267. The van der Waals surface area contributed by atoms with E-state index < -0.39 is 10.4 Å². The summed E-state index contributed by atoms with van der Waals surface area (Å²) < 4.78 is 27.6. The zero-order valence-corrected chi connectivity index (χ0v) is 15.7. The average Bonchev–Trinajstić information content (AvgIpc) is 2.61. The van der Waals surface area contributed by atoms with Crippen molar-refractivity contribution in [2.24, 2.45) is 5.10 Å². The smallest absolute Gasteiger partial charge is 0.387 e. The van der Waals surface area contributed by atoms with Gasteiger partial charge in [0.15, 0.2) is 11.6 Å². The summed E-state index contributed by atoms with van der Waals surface area (Å²) in [6.45, 7) is -2.94. The number of hydrogen-bond acceptors (Lipinski definition) is 5. The molecule has 0 aliphatic carbocycles. The standard InChI is InChI=1S/C17H11Cl3F2N4O/c18-17(19,20)15-24-12-7-3-2-6-11(12)14(25-15)26-23-9-10-5-1-4-8-13(10)27-16(21)22/h1-9,16H,(H,24,25,26)/b23-9-. The number of nitrogens with zero attached hydrogens (tertiary/aromatic N) is 3. The van der Waals surface area contributed by atoms with Gasteiger partial charge in [-0.05, 0) is 24.3 Å². The van der Waals surface area contributed by atoms with E-state index in [9.17, 15) is 8.78 Å². The van der Waals surface area contributed by atoms with E-state index in [-0.39, 0.29) is 11.6 Å². The van der Waals surface area contributed by atoms with E-state index in [2.05, 4.69) is 25.2 Å². The van der Waals surface area contributed by atoms with Gasteiger partial charge < -0.3 is 4.74 Å². The van der Waals surface area contributed by atoms with Gasteiger partial charge in [-0.1, -0.05) is 59.1 Å². The van der Waals surface area contributed by atoms with Crippen molar-refractivity contribution < 1.29 is 13.5 Å². The third-order valence-electron chi connectivity index (χ3n) is 3.37. The number of nitrogens with one attached hydrogen (secondary N) is 1. The molecule has 140 valence electrons. The lowest BCUT2D eigenvalue weighted by Gasteiger charge is -2.12. The second kappa shape index (κ2) is 8.21. The molecule has 0 saturated carbocycles. The van der Waals surface area contributed by atoms with Crippen LogP contribution in [-0.4, -0.2) is 22.8 Å². The molecule has 0 unspecified atom stereocenters. The number of alkyl halides is 5. The first-order valence-corrected chi connectivity index (χ1v) is 8.65. The monoisotopic (exact) mass is 430 g/mol. The number of halogens is 5. The number of aromatic nitrogens is 2. The molecule has 27 heavy (non-hydrogen) atoms. The quantitative estimate of drug-likeness (QED) is 0.329. The van der Waals surface area contributed by atoms with Crippen molar-refractivity contribution in [1.82, 2.24) is 9.97 Å². The topological polar surface area (TPSA) is 59.4 Å². The maximum absolute atomic E-state index is 12.5. The normalized spacial score (nSPS) is 12.1. The van der Waals surface area contributed by atoms with Gasteiger partial charge in [0.2, 0.25) is 3.79 Å². The second-order valence-corrected chi connectivity index (χ2v) is 7.48. The molecule has 10 heteroatoms. The molecule has 2 aromatic carbocycles. The van der Waals surface area contributed by atoms with Crippen molar-refractivity contribution in [3.05, 3.63) is 59.9 Å². The molecule has 3 rings (SSSR count). The van der Waals surface area contributed by atoms with Crippen molar-refractivity contribution in [2.75, 3.05) is 5.43 Å². The van der Waals surface area contributed by atoms with Crippen LogP contribution < -0.4 is 10.2 Å². The predicted molar refractivity (Wildman–Crippen MR) is 103 cm³/mol. The minimum atomic E-state index is -2.94. The molecular formula is C17H11Cl3F2N4O. The number of ether oxygens (including phenoxy) is 1. The number of anilines is 1. The van der Waals surface area contributed by atoms with Crippen molar-refractivity contribution >= 4 is 57.7 Å². The summed E-state index contributed by atoms with van der Waals surface area (Å²) in [5.41, 5.74) is 3.63. The van der Waals surface area contributed by atoms with Gasteiger partial charge in [-0.3, -0.25) is 5.43 Å². The minimum Gasteiger partial charge on any atom is -0.434 e. The number of hydrazone groups is 1. The van der Waals surface area contributed by atoms with E-state index in [4.69, 9.17) is 34.8 Å². The molecule has 0 bridgehead atoms. The fourth-order valence-corrected chi connectivity index (χ4v) is 2.50. The van der Waals surface area contributed by atoms with Crippen LogP contribution in [-0.2, 0) is 3.79 Å². The Hall–Kier alpha value is -2.22. The summed E-state index contributed by atoms with van der Waals surface area (Å²) in [7, 11) is 0. The van der Waals surface area contributed by atoms with Gasteiger partial charge in [0.05, 0.1) is 11.7 Å². The third-order valence-corrected chi connectivity index (χ3v) is 3.87. The van der Waals surface area contributed by atoms with Crippen molar-refractivity contribution in [2.45, 2.75) is 10.4 Å². The number of benzene rings is 2. The molecule has 0 aliphatic heterocycles. The highest BCUT2D eigenvalue weighted by atomic mass is 35.6. The molecule has 5 nitrogen and oxygen atoms in total. The summed E-state index contributed by atoms with van der Waals surface area (Å²) >= 11 is 17.6. The van der Waals surface area contributed by atoms with Crippen LogP contribution in [0.4, 0.5) is 14.6 Å². The van der Waals surface area contributed by atoms with Crippen LogP contribution in [0, 0.1) is 0 Å². The SMILES string of the molecule is FC(F)Oc1ccccc1/C=N\Nc1nc(C(Cl)(Cl)Cl)nc2ccccc12. The molecule has 1 aromatic heterocycles. The maximum atomic E-state index is 12.5. The van der Waals surface area contributed by atoms with Crippen LogP contribution in [0.25, 0.3) is 10.9 Å². The van der Waals surface area contributed by atoms with Crippen LogP contribution in [0.5, 0.6) is 5.75 Å². The third kappa shape index (κ3) is 4.94. The highest BCUT2D eigenvalue weighted by Gasteiger charge is 2.28. The van der Waals surface area contributed by atoms with Crippen molar-refractivity contribution in [3.8, 4) is 5.75 Å².